The van der Waals surface area contributed by atoms with E-state index in [1.165, 1.54) is 5.56 Å². The Hall–Kier alpha value is -1.10. The lowest BCUT2D eigenvalue weighted by Gasteiger charge is -2.15. The third-order valence-corrected chi connectivity index (χ3v) is 2.82. The summed E-state index contributed by atoms with van der Waals surface area (Å²) in [7, 11) is 1.67. The van der Waals surface area contributed by atoms with Crippen LogP contribution in [0.4, 0.5) is 0 Å². The summed E-state index contributed by atoms with van der Waals surface area (Å²) in [5.41, 5.74) is 1.17. The van der Waals surface area contributed by atoms with Crippen LogP contribution in [-0.2, 0) is 16.0 Å². The van der Waals surface area contributed by atoms with Crippen LogP contribution in [0.3, 0.4) is 0 Å². The van der Waals surface area contributed by atoms with E-state index in [1.54, 1.807) is 7.11 Å². The van der Waals surface area contributed by atoms with Gasteiger partial charge in [0.2, 0.25) is 0 Å². The summed E-state index contributed by atoms with van der Waals surface area (Å²) in [6, 6.07) is 8.56. The van der Waals surface area contributed by atoms with E-state index in [0.717, 1.165) is 12.3 Å². The summed E-state index contributed by atoms with van der Waals surface area (Å²) in [5, 5.41) is 3.40. The molecule has 1 N–H and O–H groups in total. The molecule has 114 valence electrons. The SMILES string of the molecule is COCC(C)OCCOc1ccccc1CNC(C)C. The number of ether oxygens (including phenoxy) is 3. The summed E-state index contributed by atoms with van der Waals surface area (Å²) in [6.07, 6.45) is 0.0986. The van der Waals surface area contributed by atoms with Crippen LogP contribution in [0.2, 0.25) is 0 Å². The van der Waals surface area contributed by atoms with Crippen molar-refractivity contribution in [2.24, 2.45) is 0 Å². The van der Waals surface area contributed by atoms with Crippen LogP contribution in [0.25, 0.3) is 0 Å². The minimum atomic E-state index is 0.0986. The van der Waals surface area contributed by atoms with Crippen LogP contribution in [0.5, 0.6) is 5.75 Å². The molecule has 1 rings (SSSR count). The zero-order valence-corrected chi connectivity index (χ0v) is 13.0. The molecule has 0 aliphatic carbocycles. The number of hydrogen-bond acceptors (Lipinski definition) is 4. The molecule has 0 saturated carbocycles. The maximum Gasteiger partial charge on any atom is 0.123 e. The van der Waals surface area contributed by atoms with Gasteiger partial charge in [-0.05, 0) is 13.0 Å². The zero-order valence-electron chi connectivity index (χ0n) is 13.0. The van der Waals surface area contributed by atoms with Crippen LogP contribution in [0.15, 0.2) is 24.3 Å². The Morgan fingerprint density at radius 2 is 1.85 bits per heavy atom. The van der Waals surface area contributed by atoms with Gasteiger partial charge in [-0.25, -0.2) is 0 Å². The first-order chi connectivity index (χ1) is 9.63. The van der Waals surface area contributed by atoms with Gasteiger partial charge in [-0.3, -0.25) is 0 Å². The van der Waals surface area contributed by atoms with Crippen molar-refractivity contribution in [1.29, 1.82) is 0 Å². The Balaban J connectivity index is 2.35. The second kappa shape index (κ2) is 9.75. The largest absolute Gasteiger partial charge is 0.491 e. The molecule has 0 aliphatic heterocycles. The summed E-state index contributed by atoms with van der Waals surface area (Å²) in [5.74, 6) is 0.920. The first-order valence-electron chi connectivity index (χ1n) is 7.18. The highest BCUT2D eigenvalue weighted by atomic mass is 16.5. The summed E-state index contributed by atoms with van der Waals surface area (Å²) in [6.45, 7) is 8.79. The molecule has 20 heavy (non-hydrogen) atoms. The van der Waals surface area contributed by atoms with Crippen LogP contribution < -0.4 is 10.1 Å². The highest BCUT2D eigenvalue weighted by Gasteiger charge is 2.05. The predicted octanol–water partition coefficient (Wildman–Crippen LogP) is 2.61. The summed E-state index contributed by atoms with van der Waals surface area (Å²) < 4.78 is 16.4. The molecule has 0 bridgehead atoms. The van der Waals surface area contributed by atoms with E-state index in [9.17, 15) is 0 Å². The van der Waals surface area contributed by atoms with Crippen molar-refractivity contribution in [2.75, 3.05) is 26.9 Å². The van der Waals surface area contributed by atoms with Crippen molar-refractivity contribution in [3.63, 3.8) is 0 Å². The Kier molecular flexibility index (Phi) is 8.26. The highest BCUT2D eigenvalue weighted by Crippen LogP contribution is 2.17. The van der Waals surface area contributed by atoms with E-state index < -0.39 is 0 Å². The van der Waals surface area contributed by atoms with E-state index in [-0.39, 0.29) is 6.10 Å². The van der Waals surface area contributed by atoms with Crippen molar-refractivity contribution < 1.29 is 14.2 Å². The number of para-hydroxylation sites is 1. The van der Waals surface area contributed by atoms with Crippen molar-refractivity contribution in [2.45, 2.75) is 39.5 Å². The topological polar surface area (TPSA) is 39.7 Å². The standard InChI is InChI=1S/C16H27NO3/c1-13(2)17-11-15-7-5-6-8-16(15)20-10-9-19-14(3)12-18-4/h5-8,13-14,17H,9-12H2,1-4H3. The number of methoxy groups -OCH3 is 1. The van der Waals surface area contributed by atoms with E-state index in [2.05, 4.69) is 25.2 Å². The van der Waals surface area contributed by atoms with E-state index in [1.807, 2.05) is 25.1 Å². The predicted molar refractivity (Wildman–Crippen MR) is 81.2 cm³/mol. The van der Waals surface area contributed by atoms with Gasteiger partial charge in [0.25, 0.3) is 0 Å². The maximum atomic E-state index is 5.79. The molecule has 0 spiro atoms. The molecule has 4 heteroatoms. The van der Waals surface area contributed by atoms with E-state index in [4.69, 9.17) is 14.2 Å². The molecule has 0 aromatic heterocycles. The first kappa shape index (κ1) is 17.0. The Morgan fingerprint density at radius 1 is 1.10 bits per heavy atom. The van der Waals surface area contributed by atoms with Crippen LogP contribution in [0.1, 0.15) is 26.3 Å². The lowest BCUT2D eigenvalue weighted by Crippen LogP contribution is -2.22. The maximum absolute atomic E-state index is 5.79. The van der Waals surface area contributed by atoms with Gasteiger partial charge < -0.3 is 19.5 Å². The minimum absolute atomic E-state index is 0.0986. The molecule has 4 nitrogen and oxygen atoms in total. The number of hydrogen-bond donors (Lipinski definition) is 1. The van der Waals surface area contributed by atoms with Crippen molar-refractivity contribution >= 4 is 0 Å². The lowest BCUT2D eigenvalue weighted by atomic mass is 10.2. The Labute approximate surface area is 122 Å². The molecule has 0 fully saturated rings. The number of nitrogens with one attached hydrogen (secondary N) is 1. The fraction of sp³-hybridized carbons (Fsp3) is 0.625. The lowest BCUT2D eigenvalue weighted by molar-refractivity contribution is -0.00224. The average molecular weight is 281 g/mol. The summed E-state index contributed by atoms with van der Waals surface area (Å²) >= 11 is 0. The normalized spacial score (nSPS) is 12.7. The Bertz CT molecular complexity index is 368. The molecule has 0 amide bonds. The minimum Gasteiger partial charge on any atom is -0.491 e. The van der Waals surface area contributed by atoms with Crippen molar-refractivity contribution in [3.8, 4) is 5.75 Å². The molecule has 1 aromatic rings. The van der Waals surface area contributed by atoms with Gasteiger partial charge in [-0.2, -0.15) is 0 Å². The second-order valence-electron chi connectivity index (χ2n) is 5.13. The van der Waals surface area contributed by atoms with Crippen molar-refractivity contribution in [1.82, 2.24) is 5.32 Å². The van der Waals surface area contributed by atoms with Gasteiger partial charge in [-0.1, -0.05) is 32.0 Å². The Morgan fingerprint density at radius 3 is 2.55 bits per heavy atom. The van der Waals surface area contributed by atoms with Gasteiger partial charge in [-0.15, -0.1) is 0 Å². The van der Waals surface area contributed by atoms with E-state index >= 15 is 0 Å². The van der Waals surface area contributed by atoms with Gasteiger partial charge in [0.05, 0.1) is 19.3 Å². The first-order valence-corrected chi connectivity index (χ1v) is 7.18. The average Bonchev–Trinajstić information content (AvgIpc) is 2.42. The van der Waals surface area contributed by atoms with Crippen LogP contribution >= 0.6 is 0 Å². The van der Waals surface area contributed by atoms with Gasteiger partial charge >= 0.3 is 0 Å². The molecular weight excluding hydrogens is 254 g/mol. The van der Waals surface area contributed by atoms with Gasteiger partial charge in [0.1, 0.15) is 12.4 Å². The second-order valence-corrected chi connectivity index (χ2v) is 5.13. The number of rotatable bonds is 10. The molecule has 0 radical (unpaired) electrons. The van der Waals surface area contributed by atoms with Gasteiger partial charge in [0, 0.05) is 25.3 Å². The smallest absolute Gasteiger partial charge is 0.123 e. The highest BCUT2D eigenvalue weighted by molar-refractivity contribution is 5.33. The summed E-state index contributed by atoms with van der Waals surface area (Å²) in [4.78, 5) is 0. The third kappa shape index (κ3) is 6.89. The van der Waals surface area contributed by atoms with Crippen molar-refractivity contribution in [3.05, 3.63) is 29.8 Å². The molecule has 1 unspecified atom stereocenters. The monoisotopic (exact) mass is 281 g/mol. The molecular formula is C16H27NO3. The molecule has 1 atom stereocenters. The van der Waals surface area contributed by atoms with Gasteiger partial charge in [0.15, 0.2) is 0 Å². The van der Waals surface area contributed by atoms with Crippen LogP contribution in [0, 0.1) is 0 Å². The third-order valence-electron chi connectivity index (χ3n) is 2.82. The fourth-order valence-corrected chi connectivity index (χ4v) is 1.79. The molecule has 0 aliphatic rings. The fourth-order valence-electron chi connectivity index (χ4n) is 1.79. The molecule has 0 heterocycles. The quantitative estimate of drug-likeness (QED) is 0.669. The number of benzene rings is 1. The zero-order chi connectivity index (χ0) is 14.8. The van der Waals surface area contributed by atoms with E-state index in [0.29, 0.717) is 25.9 Å². The molecule has 1 aromatic carbocycles. The van der Waals surface area contributed by atoms with Crippen LogP contribution in [-0.4, -0.2) is 39.1 Å². The molecule has 0 saturated heterocycles.